The van der Waals surface area contributed by atoms with Crippen molar-refractivity contribution in [1.29, 1.82) is 0 Å². The van der Waals surface area contributed by atoms with Gasteiger partial charge in [0, 0.05) is 36.7 Å². The van der Waals surface area contributed by atoms with E-state index in [2.05, 4.69) is 21.2 Å². The molecule has 0 radical (unpaired) electrons. The van der Waals surface area contributed by atoms with Crippen molar-refractivity contribution in [2.45, 2.75) is 36.6 Å². The Morgan fingerprint density at radius 3 is 2.21 bits per heavy atom. The standard InChI is InChI=1S/C16H22BrN3O3S/c17-13-5-7-15(8-6-13)24(22,23)20-11-9-19(10-12-20)16(21)18-14-3-1-2-4-14/h5-8,14H,1-4,9-12H2,(H,18,21). The fourth-order valence-corrected chi connectivity index (χ4v) is 4.91. The van der Waals surface area contributed by atoms with Crippen LogP contribution in [0.3, 0.4) is 0 Å². The molecule has 6 nitrogen and oxygen atoms in total. The van der Waals surface area contributed by atoms with Gasteiger partial charge in [0.05, 0.1) is 4.90 Å². The van der Waals surface area contributed by atoms with Gasteiger partial charge in [-0.1, -0.05) is 28.8 Å². The number of sulfonamides is 1. The highest BCUT2D eigenvalue weighted by Crippen LogP contribution is 2.21. The predicted molar refractivity (Wildman–Crippen MR) is 95.3 cm³/mol. The molecule has 2 aliphatic rings. The Morgan fingerprint density at radius 1 is 1.04 bits per heavy atom. The van der Waals surface area contributed by atoms with Crippen LogP contribution >= 0.6 is 15.9 Å². The molecule has 1 aliphatic carbocycles. The number of nitrogens with one attached hydrogen (secondary N) is 1. The molecule has 2 fully saturated rings. The molecule has 0 unspecified atom stereocenters. The molecule has 24 heavy (non-hydrogen) atoms. The van der Waals surface area contributed by atoms with Crippen molar-refractivity contribution in [2.75, 3.05) is 26.2 Å². The average molecular weight is 416 g/mol. The van der Waals surface area contributed by atoms with Crippen molar-refractivity contribution in [1.82, 2.24) is 14.5 Å². The van der Waals surface area contributed by atoms with Crippen LogP contribution in [0.4, 0.5) is 4.79 Å². The van der Waals surface area contributed by atoms with E-state index in [4.69, 9.17) is 0 Å². The van der Waals surface area contributed by atoms with Crippen LogP contribution in [0.5, 0.6) is 0 Å². The van der Waals surface area contributed by atoms with Gasteiger partial charge < -0.3 is 10.2 Å². The summed E-state index contributed by atoms with van der Waals surface area (Å²) in [6.07, 6.45) is 4.43. The van der Waals surface area contributed by atoms with Gasteiger partial charge in [-0.2, -0.15) is 4.31 Å². The Kier molecular flexibility index (Phi) is 5.46. The van der Waals surface area contributed by atoms with Crippen LogP contribution in [0.15, 0.2) is 33.6 Å². The van der Waals surface area contributed by atoms with Gasteiger partial charge in [-0.3, -0.25) is 0 Å². The zero-order valence-corrected chi connectivity index (χ0v) is 15.9. The van der Waals surface area contributed by atoms with Crippen LogP contribution in [0.1, 0.15) is 25.7 Å². The third kappa shape index (κ3) is 3.92. The number of carbonyl (C=O) groups is 1. The lowest BCUT2D eigenvalue weighted by atomic mass is 10.2. The Labute approximate surface area is 151 Å². The summed E-state index contributed by atoms with van der Waals surface area (Å²) in [5.41, 5.74) is 0. The molecule has 1 saturated carbocycles. The zero-order valence-electron chi connectivity index (χ0n) is 13.4. The van der Waals surface area contributed by atoms with E-state index in [0.29, 0.717) is 26.2 Å². The third-order valence-electron chi connectivity index (χ3n) is 4.66. The van der Waals surface area contributed by atoms with Crippen LogP contribution in [-0.2, 0) is 10.0 Å². The molecular weight excluding hydrogens is 394 g/mol. The molecule has 1 saturated heterocycles. The normalized spacial score (nSPS) is 20.3. The molecule has 1 aromatic rings. The molecule has 8 heteroatoms. The summed E-state index contributed by atoms with van der Waals surface area (Å²) in [5, 5.41) is 3.05. The summed E-state index contributed by atoms with van der Waals surface area (Å²) in [6.45, 7) is 1.51. The maximum absolute atomic E-state index is 12.6. The van der Waals surface area contributed by atoms with Gasteiger partial charge in [0.2, 0.25) is 10.0 Å². The molecule has 1 aromatic carbocycles. The molecule has 0 aromatic heterocycles. The Morgan fingerprint density at radius 2 is 1.62 bits per heavy atom. The largest absolute Gasteiger partial charge is 0.335 e. The van der Waals surface area contributed by atoms with Crippen LogP contribution in [-0.4, -0.2) is 55.9 Å². The van der Waals surface area contributed by atoms with Crippen LogP contribution in [0, 0.1) is 0 Å². The highest BCUT2D eigenvalue weighted by molar-refractivity contribution is 9.10. The summed E-state index contributed by atoms with van der Waals surface area (Å²) in [5.74, 6) is 0. The van der Waals surface area contributed by atoms with Gasteiger partial charge in [-0.15, -0.1) is 0 Å². The number of rotatable bonds is 3. The summed E-state index contributed by atoms with van der Waals surface area (Å²) in [7, 11) is -3.50. The average Bonchev–Trinajstić information content (AvgIpc) is 3.08. The van der Waals surface area contributed by atoms with Crippen molar-refractivity contribution in [3.63, 3.8) is 0 Å². The van der Waals surface area contributed by atoms with E-state index in [-0.39, 0.29) is 17.0 Å². The van der Waals surface area contributed by atoms with Crippen LogP contribution in [0.2, 0.25) is 0 Å². The first-order valence-electron chi connectivity index (χ1n) is 8.28. The maximum Gasteiger partial charge on any atom is 0.317 e. The second-order valence-electron chi connectivity index (χ2n) is 6.28. The van der Waals surface area contributed by atoms with Crippen molar-refractivity contribution < 1.29 is 13.2 Å². The SMILES string of the molecule is O=C(NC1CCCC1)N1CCN(S(=O)(=O)c2ccc(Br)cc2)CC1. The summed E-state index contributed by atoms with van der Waals surface area (Å²) >= 11 is 3.31. The number of hydrogen-bond acceptors (Lipinski definition) is 3. The first-order chi connectivity index (χ1) is 11.5. The van der Waals surface area contributed by atoms with E-state index >= 15 is 0 Å². The summed E-state index contributed by atoms with van der Waals surface area (Å²) in [6, 6.07) is 6.85. The molecule has 0 bridgehead atoms. The molecule has 1 N–H and O–H groups in total. The lowest BCUT2D eigenvalue weighted by molar-refractivity contribution is 0.169. The van der Waals surface area contributed by atoms with E-state index in [0.717, 1.165) is 17.3 Å². The first-order valence-corrected chi connectivity index (χ1v) is 10.5. The minimum Gasteiger partial charge on any atom is -0.335 e. The van der Waals surface area contributed by atoms with Crippen molar-refractivity contribution in [3.05, 3.63) is 28.7 Å². The highest BCUT2D eigenvalue weighted by Gasteiger charge is 2.30. The van der Waals surface area contributed by atoms with Gasteiger partial charge >= 0.3 is 6.03 Å². The van der Waals surface area contributed by atoms with Gasteiger partial charge in [0.25, 0.3) is 0 Å². The monoisotopic (exact) mass is 415 g/mol. The van der Waals surface area contributed by atoms with Gasteiger partial charge in [-0.05, 0) is 37.1 Å². The Bertz CT molecular complexity index is 679. The van der Waals surface area contributed by atoms with Crippen molar-refractivity contribution in [2.24, 2.45) is 0 Å². The number of hydrogen-bond donors (Lipinski definition) is 1. The molecule has 3 rings (SSSR count). The number of urea groups is 1. The van der Waals surface area contributed by atoms with Gasteiger partial charge in [0.1, 0.15) is 0 Å². The lowest BCUT2D eigenvalue weighted by Crippen LogP contribution is -2.54. The second kappa shape index (κ2) is 7.41. The molecule has 2 amide bonds. The number of nitrogens with zero attached hydrogens (tertiary/aromatic N) is 2. The number of carbonyl (C=O) groups excluding carboxylic acids is 1. The predicted octanol–water partition coefficient (Wildman–Crippen LogP) is 2.41. The van der Waals surface area contributed by atoms with Crippen LogP contribution in [0.25, 0.3) is 0 Å². The van der Waals surface area contributed by atoms with Gasteiger partial charge in [0.15, 0.2) is 0 Å². The molecule has 1 heterocycles. The number of amides is 2. The minimum atomic E-state index is -3.50. The number of piperazine rings is 1. The van der Waals surface area contributed by atoms with E-state index in [1.54, 1.807) is 29.2 Å². The minimum absolute atomic E-state index is 0.0670. The topological polar surface area (TPSA) is 69.7 Å². The summed E-state index contributed by atoms with van der Waals surface area (Å²) < 4.78 is 27.6. The lowest BCUT2D eigenvalue weighted by Gasteiger charge is -2.34. The third-order valence-corrected chi connectivity index (χ3v) is 7.10. The van der Waals surface area contributed by atoms with Gasteiger partial charge in [-0.25, -0.2) is 13.2 Å². The Balaban J connectivity index is 1.57. The van der Waals surface area contributed by atoms with E-state index in [1.165, 1.54) is 17.1 Å². The van der Waals surface area contributed by atoms with Crippen LogP contribution < -0.4 is 5.32 Å². The maximum atomic E-state index is 12.6. The fraction of sp³-hybridized carbons (Fsp3) is 0.562. The molecule has 132 valence electrons. The smallest absolute Gasteiger partial charge is 0.317 e. The molecular formula is C16H22BrN3O3S. The Hall–Kier alpha value is -1.12. The fourth-order valence-electron chi connectivity index (χ4n) is 3.22. The van der Waals surface area contributed by atoms with Crippen molar-refractivity contribution in [3.8, 4) is 0 Å². The molecule has 0 spiro atoms. The second-order valence-corrected chi connectivity index (χ2v) is 9.13. The zero-order chi connectivity index (χ0) is 17.2. The van der Waals surface area contributed by atoms with E-state index < -0.39 is 10.0 Å². The molecule has 1 aliphatic heterocycles. The first kappa shape index (κ1) is 17.7. The highest BCUT2D eigenvalue weighted by atomic mass is 79.9. The molecule has 0 atom stereocenters. The number of halogens is 1. The quantitative estimate of drug-likeness (QED) is 0.823. The summed E-state index contributed by atoms with van der Waals surface area (Å²) in [4.78, 5) is 14.3. The van der Waals surface area contributed by atoms with E-state index in [1.807, 2.05) is 0 Å². The van der Waals surface area contributed by atoms with Crippen molar-refractivity contribution >= 4 is 32.0 Å². The number of benzene rings is 1. The van der Waals surface area contributed by atoms with E-state index in [9.17, 15) is 13.2 Å².